The van der Waals surface area contributed by atoms with E-state index >= 15 is 4.39 Å². The van der Waals surface area contributed by atoms with E-state index in [1.165, 1.54) is 0 Å². The Morgan fingerprint density at radius 2 is 1.86 bits per heavy atom. The van der Waals surface area contributed by atoms with Gasteiger partial charge in [0.25, 0.3) is 0 Å². The van der Waals surface area contributed by atoms with Crippen LogP contribution in [0.1, 0.15) is 19.4 Å². The van der Waals surface area contributed by atoms with Crippen LogP contribution in [0.25, 0.3) is 33.1 Å². The van der Waals surface area contributed by atoms with E-state index in [0.29, 0.717) is 52.9 Å². The van der Waals surface area contributed by atoms with Crippen LogP contribution >= 0.6 is 11.6 Å². The van der Waals surface area contributed by atoms with Crippen LogP contribution in [0.15, 0.2) is 30.9 Å². The molecule has 2 aromatic carbocycles. The van der Waals surface area contributed by atoms with Crippen LogP contribution in [0, 0.1) is 12.7 Å². The molecule has 222 valence electrons. The molecule has 3 atom stereocenters. The van der Waals surface area contributed by atoms with E-state index in [1.807, 2.05) is 24.0 Å². The summed E-state index contributed by atoms with van der Waals surface area (Å²) in [6, 6.07) is 5.93. The molecule has 2 aromatic heterocycles. The molecule has 4 aromatic rings. The van der Waals surface area contributed by atoms with Gasteiger partial charge in [0.2, 0.25) is 5.95 Å². The first-order chi connectivity index (χ1) is 20.0. The van der Waals surface area contributed by atoms with Crippen LogP contribution in [-0.2, 0) is 7.05 Å². The number of fused-ring (bicyclic) bond motifs is 2. The molecule has 2 saturated heterocycles. The summed E-state index contributed by atoms with van der Waals surface area (Å²) in [5.41, 5.74) is 3.39. The third kappa shape index (κ3) is 4.59. The van der Waals surface area contributed by atoms with Crippen LogP contribution in [0.5, 0.6) is 0 Å². The van der Waals surface area contributed by atoms with Crippen molar-refractivity contribution in [2.24, 2.45) is 7.05 Å². The third-order valence-corrected chi connectivity index (χ3v) is 9.11. The quantitative estimate of drug-likeness (QED) is 0.335. The van der Waals surface area contributed by atoms with Crippen molar-refractivity contribution in [2.45, 2.75) is 45.1 Å². The second kappa shape index (κ2) is 10.7. The summed E-state index contributed by atoms with van der Waals surface area (Å²) in [6.45, 7) is 12.5. The molecule has 1 N–H and O–H groups in total. The zero-order valence-corrected chi connectivity index (χ0v) is 25.6. The van der Waals surface area contributed by atoms with Crippen molar-refractivity contribution < 1.29 is 9.50 Å². The maximum atomic E-state index is 16.9. The van der Waals surface area contributed by atoms with Crippen LogP contribution in [0.4, 0.5) is 16.2 Å². The number of aliphatic hydroxyl groups is 1. The highest BCUT2D eigenvalue weighted by molar-refractivity contribution is 6.35. The van der Waals surface area contributed by atoms with Gasteiger partial charge < -0.3 is 19.8 Å². The highest BCUT2D eigenvalue weighted by Gasteiger charge is 2.36. The minimum atomic E-state index is -0.742. The molecule has 12 heteroatoms. The normalized spacial score (nSPS) is 21.0. The zero-order chi connectivity index (χ0) is 30.0. The highest BCUT2D eigenvalue weighted by atomic mass is 35.5. The van der Waals surface area contributed by atoms with Crippen LogP contribution in [0.3, 0.4) is 0 Å². The van der Waals surface area contributed by atoms with Crippen LogP contribution in [-0.4, -0.2) is 104 Å². The van der Waals surface area contributed by atoms with Gasteiger partial charge in [0.05, 0.1) is 10.5 Å². The van der Waals surface area contributed by atoms with Gasteiger partial charge in [0.1, 0.15) is 23.1 Å². The van der Waals surface area contributed by atoms with Crippen molar-refractivity contribution in [1.29, 1.82) is 0 Å². The van der Waals surface area contributed by atoms with Gasteiger partial charge in [-0.1, -0.05) is 29.5 Å². The Kier molecular flexibility index (Phi) is 7.33. The summed E-state index contributed by atoms with van der Waals surface area (Å²) in [7, 11) is 5.90. The van der Waals surface area contributed by atoms with Crippen LogP contribution < -0.4 is 9.80 Å². The molecule has 4 heterocycles. The third-order valence-electron chi connectivity index (χ3n) is 8.81. The minimum absolute atomic E-state index is 0.00183. The number of aliphatic hydroxyl groups excluding tert-OH is 1. The SMILES string of the molecule is C=CC(O)N1C[C@H](C)N(c2nc(N3CC(N(C)C)C3)nc3c(F)c(-c4c(C)ccc5nnn(C)c45)c(Cl)cc23)C[C@H]1C. The van der Waals surface area contributed by atoms with E-state index in [-0.39, 0.29) is 28.2 Å². The van der Waals surface area contributed by atoms with Crippen LogP contribution in [0.2, 0.25) is 5.02 Å². The standard InChI is InChI=1S/C30H37ClFN9O/c1-8-23(42)40-12-18(4)41(13-17(40)3)29-20-11-21(31)25(24-16(2)9-10-22-28(24)38(7)36-35-22)26(32)27(20)33-30(34-29)39-14-19(15-39)37(5)6/h8-11,17-19,23,42H,1,12-15H2,2-7H3/t17-,18+,23?/m1/s1. The van der Waals surface area contributed by atoms with E-state index in [4.69, 9.17) is 21.6 Å². The number of hydrogen-bond donors (Lipinski definition) is 1. The van der Waals surface area contributed by atoms with Crippen molar-refractivity contribution in [3.8, 4) is 11.1 Å². The predicted octanol–water partition coefficient (Wildman–Crippen LogP) is 3.83. The first-order valence-corrected chi connectivity index (χ1v) is 14.6. The molecule has 0 radical (unpaired) electrons. The van der Waals surface area contributed by atoms with Gasteiger partial charge in [-0.2, -0.15) is 4.98 Å². The van der Waals surface area contributed by atoms with Gasteiger partial charge in [-0.25, -0.2) is 14.1 Å². The van der Waals surface area contributed by atoms with E-state index in [2.05, 4.69) is 59.5 Å². The monoisotopic (exact) mass is 593 g/mol. The number of piperazine rings is 1. The topological polar surface area (TPSA) is 89.7 Å². The summed E-state index contributed by atoms with van der Waals surface area (Å²) in [5, 5.41) is 19.7. The Hall–Kier alpha value is -3.38. The van der Waals surface area contributed by atoms with E-state index in [9.17, 15) is 5.11 Å². The molecule has 2 aliphatic heterocycles. The van der Waals surface area contributed by atoms with Gasteiger partial charge in [0.15, 0.2) is 5.82 Å². The number of halogens is 2. The Labute approximate surface area is 250 Å². The molecule has 0 spiro atoms. The lowest BCUT2D eigenvalue weighted by atomic mass is 9.96. The lowest BCUT2D eigenvalue weighted by Gasteiger charge is -2.46. The molecule has 6 rings (SSSR count). The number of nitrogens with zero attached hydrogens (tertiary/aromatic N) is 9. The molecule has 2 fully saturated rings. The molecule has 0 aliphatic carbocycles. The number of hydrogen-bond acceptors (Lipinski definition) is 9. The van der Waals surface area contributed by atoms with Gasteiger partial charge in [-0.05, 0) is 58.6 Å². The summed E-state index contributed by atoms with van der Waals surface area (Å²) >= 11 is 6.96. The van der Waals surface area contributed by atoms with Crippen molar-refractivity contribution in [3.05, 3.63) is 47.3 Å². The Balaban J connectivity index is 1.55. The first kappa shape index (κ1) is 28.7. The summed E-state index contributed by atoms with van der Waals surface area (Å²) in [5.74, 6) is 0.637. The number of aryl methyl sites for hydroxylation is 2. The second-order valence-electron chi connectivity index (χ2n) is 11.8. The van der Waals surface area contributed by atoms with Gasteiger partial charge in [-0.15, -0.1) is 5.10 Å². The smallest absolute Gasteiger partial charge is 0.228 e. The van der Waals surface area contributed by atoms with Crippen molar-refractivity contribution in [2.75, 3.05) is 50.1 Å². The van der Waals surface area contributed by atoms with Crippen molar-refractivity contribution in [3.63, 3.8) is 0 Å². The number of aromatic nitrogens is 5. The van der Waals surface area contributed by atoms with E-state index in [0.717, 1.165) is 18.7 Å². The molecule has 0 amide bonds. The summed E-state index contributed by atoms with van der Waals surface area (Å²) in [6.07, 6.45) is 0.798. The Bertz CT molecular complexity index is 1690. The average molecular weight is 594 g/mol. The molecule has 0 saturated carbocycles. The lowest BCUT2D eigenvalue weighted by Crippen LogP contribution is -2.59. The number of rotatable bonds is 6. The number of anilines is 2. The molecule has 1 unspecified atom stereocenters. The molecular formula is C30H37ClFN9O. The Morgan fingerprint density at radius 1 is 1.12 bits per heavy atom. The largest absolute Gasteiger partial charge is 0.375 e. The lowest BCUT2D eigenvalue weighted by molar-refractivity contribution is 0.0000606. The van der Waals surface area contributed by atoms with Gasteiger partial charge >= 0.3 is 0 Å². The average Bonchev–Trinajstić information content (AvgIpc) is 3.30. The minimum Gasteiger partial charge on any atom is -0.375 e. The summed E-state index contributed by atoms with van der Waals surface area (Å²) < 4.78 is 18.6. The first-order valence-electron chi connectivity index (χ1n) is 14.2. The second-order valence-corrected chi connectivity index (χ2v) is 12.3. The zero-order valence-electron chi connectivity index (χ0n) is 24.9. The van der Waals surface area contributed by atoms with Gasteiger partial charge in [-0.3, -0.25) is 4.90 Å². The number of benzene rings is 2. The van der Waals surface area contributed by atoms with E-state index in [1.54, 1.807) is 23.9 Å². The fraction of sp³-hybridized carbons (Fsp3) is 0.467. The fourth-order valence-electron chi connectivity index (χ4n) is 6.22. The van der Waals surface area contributed by atoms with Gasteiger partial charge in [0, 0.05) is 67.9 Å². The highest BCUT2D eigenvalue weighted by Crippen LogP contribution is 2.43. The maximum Gasteiger partial charge on any atom is 0.228 e. The molecule has 10 nitrogen and oxygen atoms in total. The Morgan fingerprint density at radius 3 is 2.55 bits per heavy atom. The van der Waals surface area contributed by atoms with E-state index < -0.39 is 12.0 Å². The van der Waals surface area contributed by atoms with Crippen molar-refractivity contribution in [1.82, 2.24) is 34.8 Å². The molecule has 42 heavy (non-hydrogen) atoms. The molecule has 0 bridgehead atoms. The molecule has 2 aliphatic rings. The maximum absolute atomic E-state index is 16.9. The summed E-state index contributed by atoms with van der Waals surface area (Å²) in [4.78, 5) is 18.3. The molecular weight excluding hydrogens is 557 g/mol. The number of likely N-dealkylation sites (N-methyl/N-ethyl adjacent to an activating group) is 1. The fourth-order valence-corrected chi connectivity index (χ4v) is 6.51. The predicted molar refractivity (Wildman–Crippen MR) is 166 cm³/mol. The van der Waals surface area contributed by atoms with Crippen molar-refractivity contribution >= 4 is 45.3 Å².